The lowest BCUT2D eigenvalue weighted by Crippen LogP contribution is -2.41. The van der Waals surface area contributed by atoms with Gasteiger partial charge in [-0.3, -0.25) is 14.7 Å². The number of ether oxygens (including phenoxy) is 3. The quantitative estimate of drug-likeness (QED) is 0.121. The van der Waals surface area contributed by atoms with Crippen LogP contribution in [0.3, 0.4) is 0 Å². The lowest BCUT2D eigenvalue weighted by Gasteiger charge is -2.22. The summed E-state index contributed by atoms with van der Waals surface area (Å²) in [6.45, 7) is 2.29. The highest BCUT2D eigenvalue weighted by Gasteiger charge is 2.49. The largest absolute Gasteiger partial charge is 0.494 e. The van der Waals surface area contributed by atoms with Crippen molar-refractivity contribution in [3.05, 3.63) is 119 Å². The first-order valence-corrected chi connectivity index (χ1v) is 15.9. The number of fused-ring (bicyclic) bond motifs is 2. The van der Waals surface area contributed by atoms with E-state index in [0.29, 0.717) is 65.2 Å². The minimum absolute atomic E-state index is 0.104. The normalized spacial score (nSPS) is 17.1. The van der Waals surface area contributed by atoms with Gasteiger partial charge >= 0.3 is 12.2 Å². The number of amides is 3. The monoisotopic (exact) mass is 667 g/mol. The van der Waals surface area contributed by atoms with Crippen LogP contribution in [0.5, 0.6) is 17.2 Å². The summed E-state index contributed by atoms with van der Waals surface area (Å²) < 4.78 is 58.7. The van der Waals surface area contributed by atoms with Gasteiger partial charge in [0.2, 0.25) is 6.79 Å². The molecule has 1 atom stereocenters. The van der Waals surface area contributed by atoms with Gasteiger partial charge in [0.25, 0.3) is 5.91 Å². The third kappa shape index (κ3) is 6.24. The zero-order valence-electron chi connectivity index (χ0n) is 26.5. The Balaban J connectivity index is 1.05. The molecule has 1 saturated heterocycles. The number of urea groups is 1. The van der Waals surface area contributed by atoms with Crippen molar-refractivity contribution in [2.75, 3.05) is 19.9 Å². The van der Waals surface area contributed by atoms with E-state index in [0.717, 1.165) is 17.2 Å². The Morgan fingerprint density at radius 1 is 0.918 bits per heavy atom. The predicted molar refractivity (Wildman–Crippen MR) is 176 cm³/mol. The highest BCUT2D eigenvalue weighted by Crippen LogP contribution is 2.40. The molecule has 1 N–H and O–H groups in total. The van der Waals surface area contributed by atoms with E-state index >= 15 is 0 Å². The number of hydrogen-bond donors (Lipinski definition) is 1. The summed E-state index contributed by atoms with van der Waals surface area (Å²) in [5.74, 6) is 1.31. The van der Waals surface area contributed by atoms with Crippen molar-refractivity contribution in [3.8, 4) is 28.4 Å². The first-order chi connectivity index (χ1) is 23.6. The molecule has 3 amide bonds. The van der Waals surface area contributed by atoms with Crippen LogP contribution in [0, 0.1) is 0 Å². The van der Waals surface area contributed by atoms with E-state index in [-0.39, 0.29) is 24.8 Å². The average Bonchev–Trinajstić information content (AvgIpc) is 3.65. The van der Waals surface area contributed by atoms with Crippen LogP contribution in [-0.2, 0) is 22.9 Å². The summed E-state index contributed by atoms with van der Waals surface area (Å²) in [5.41, 5.74) is 1.64. The second kappa shape index (κ2) is 12.8. The van der Waals surface area contributed by atoms with E-state index in [9.17, 15) is 22.8 Å². The maximum atomic E-state index is 14.0. The fourth-order valence-corrected chi connectivity index (χ4v) is 6.39. The number of unbranched alkanes of at least 4 members (excludes halogenated alkanes) is 1. The summed E-state index contributed by atoms with van der Waals surface area (Å²) in [4.78, 5) is 31.7. The summed E-state index contributed by atoms with van der Waals surface area (Å²) in [7, 11) is 0. The molecule has 2 aliphatic heterocycles. The van der Waals surface area contributed by atoms with Gasteiger partial charge in [-0.2, -0.15) is 13.2 Å². The number of halogens is 3. The first kappa shape index (κ1) is 32.0. The number of rotatable bonds is 10. The maximum absolute atomic E-state index is 14.0. The third-order valence-corrected chi connectivity index (χ3v) is 8.91. The number of carbonyl (C=O) groups excluding carboxylic acids is 2. The number of benzene rings is 4. The van der Waals surface area contributed by atoms with Crippen LogP contribution < -0.4 is 19.5 Å². The van der Waals surface area contributed by atoms with Gasteiger partial charge in [-0.25, -0.2) is 4.79 Å². The first-order valence-electron chi connectivity index (χ1n) is 15.9. The number of nitrogens with one attached hydrogen (secondary N) is 1. The van der Waals surface area contributed by atoms with Crippen molar-refractivity contribution < 1.29 is 37.0 Å². The molecule has 0 radical (unpaired) electrons. The SMILES string of the molecule is CC1(c2ccc3c(c2)OCO3)NC(=O)N(CCCCOc2cccc(-c3c(Cc4ccccc4)cnc4c(C(F)(F)F)cccc34)c2)C1=O. The molecule has 3 heterocycles. The second-order valence-electron chi connectivity index (χ2n) is 12.2. The molecular formula is C38H32F3N3O5. The van der Waals surface area contributed by atoms with Gasteiger partial charge in [-0.05, 0) is 84.3 Å². The van der Waals surface area contributed by atoms with Crippen LogP contribution in [0.2, 0.25) is 0 Å². The molecule has 8 nitrogen and oxygen atoms in total. The van der Waals surface area contributed by atoms with Gasteiger partial charge in [0, 0.05) is 18.1 Å². The zero-order valence-corrected chi connectivity index (χ0v) is 26.5. The fourth-order valence-electron chi connectivity index (χ4n) is 6.39. The number of aromatic nitrogens is 1. The Labute approximate surface area is 280 Å². The van der Waals surface area contributed by atoms with Crippen LogP contribution >= 0.6 is 0 Å². The van der Waals surface area contributed by atoms with Gasteiger partial charge < -0.3 is 19.5 Å². The Hall–Kier alpha value is -5.58. The topological polar surface area (TPSA) is 90.0 Å². The lowest BCUT2D eigenvalue weighted by molar-refractivity contribution is -0.136. The van der Waals surface area contributed by atoms with E-state index in [1.165, 1.54) is 17.2 Å². The van der Waals surface area contributed by atoms with Crippen molar-refractivity contribution in [2.24, 2.45) is 0 Å². The molecule has 2 aliphatic rings. The summed E-state index contributed by atoms with van der Waals surface area (Å²) >= 11 is 0. The molecule has 0 bridgehead atoms. The average molecular weight is 668 g/mol. The second-order valence-corrected chi connectivity index (χ2v) is 12.2. The van der Waals surface area contributed by atoms with Gasteiger partial charge in [-0.15, -0.1) is 0 Å². The molecule has 5 aromatic rings. The van der Waals surface area contributed by atoms with Gasteiger partial charge in [-0.1, -0.05) is 60.7 Å². The van der Waals surface area contributed by atoms with E-state index in [1.807, 2.05) is 42.5 Å². The molecule has 49 heavy (non-hydrogen) atoms. The summed E-state index contributed by atoms with van der Waals surface area (Å²) in [6, 6.07) is 25.8. The molecule has 250 valence electrons. The molecule has 1 aromatic heterocycles. The fraction of sp³-hybridized carbons (Fsp3) is 0.237. The van der Waals surface area contributed by atoms with E-state index in [4.69, 9.17) is 14.2 Å². The Morgan fingerprint density at radius 3 is 2.53 bits per heavy atom. The summed E-state index contributed by atoms with van der Waals surface area (Å²) in [6.07, 6.45) is -1.49. The number of imide groups is 1. The van der Waals surface area contributed by atoms with Crippen molar-refractivity contribution >= 4 is 22.8 Å². The number of para-hydroxylation sites is 1. The predicted octanol–water partition coefficient (Wildman–Crippen LogP) is 7.87. The van der Waals surface area contributed by atoms with E-state index in [2.05, 4.69) is 10.3 Å². The summed E-state index contributed by atoms with van der Waals surface area (Å²) in [5, 5.41) is 3.22. The van der Waals surface area contributed by atoms with Crippen molar-refractivity contribution in [1.82, 2.24) is 15.2 Å². The van der Waals surface area contributed by atoms with Crippen LogP contribution in [0.1, 0.15) is 42.0 Å². The molecule has 0 aliphatic carbocycles. The highest BCUT2D eigenvalue weighted by molar-refractivity contribution is 6.07. The smallest absolute Gasteiger partial charge is 0.418 e. The number of nitrogens with zero attached hydrogens (tertiary/aromatic N) is 2. The van der Waals surface area contributed by atoms with E-state index in [1.54, 1.807) is 43.3 Å². The van der Waals surface area contributed by atoms with Crippen LogP contribution in [0.25, 0.3) is 22.0 Å². The molecule has 0 saturated carbocycles. The van der Waals surface area contributed by atoms with Crippen LogP contribution in [0.15, 0.2) is 97.2 Å². The van der Waals surface area contributed by atoms with Gasteiger partial charge in [0.15, 0.2) is 11.5 Å². The van der Waals surface area contributed by atoms with Crippen molar-refractivity contribution in [2.45, 2.75) is 37.9 Å². The molecular weight excluding hydrogens is 635 g/mol. The Morgan fingerprint density at radius 2 is 1.71 bits per heavy atom. The number of hydrogen-bond acceptors (Lipinski definition) is 6. The standard InChI is InChI=1S/C38H32F3N3O5/c1-37(27-15-16-31-32(21-27)49-23-48-31)35(45)44(36(46)43-37)17-5-6-18-47-28-12-7-11-25(20-28)33-26(19-24-9-3-2-4-10-24)22-42-34-29(33)13-8-14-30(34)38(39,40)41/h2-4,7-16,20-22H,5-6,17-19,23H2,1H3,(H,43,46). The Bertz CT molecular complexity index is 2050. The third-order valence-electron chi connectivity index (χ3n) is 8.91. The molecule has 1 fully saturated rings. The minimum atomic E-state index is -4.55. The maximum Gasteiger partial charge on any atom is 0.418 e. The Kier molecular flexibility index (Phi) is 8.35. The minimum Gasteiger partial charge on any atom is -0.494 e. The molecule has 7 rings (SSSR count). The number of carbonyl (C=O) groups is 2. The molecule has 1 unspecified atom stereocenters. The lowest BCUT2D eigenvalue weighted by atomic mass is 9.91. The molecule has 0 spiro atoms. The highest BCUT2D eigenvalue weighted by atomic mass is 19.4. The van der Waals surface area contributed by atoms with Crippen LogP contribution in [-0.4, -0.2) is 41.8 Å². The van der Waals surface area contributed by atoms with Crippen molar-refractivity contribution in [3.63, 3.8) is 0 Å². The van der Waals surface area contributed by atoms with E-state index < -0.39 is 23.3 Å². The van der Waals surface area contributed by atoms with Crippen LogP contribution in [0.4, 0.5) is 18.0 Å². The number of alkyl halides is 3. The van der Waals surface area contributed by atoms with Gasteiger partial charge in [0.1, 0.15) is 11.3 Å². The molecule has 4 aromatic carbocycles. The zero-order chi connectivity index (χ0) is 34.2. The van der Waals surface area contributed by atoms with Crippen molar-refractivity contribution in [1.29, 1.82) is 0 Å². The molecule has 11 heteroatoms. The number of pyridine rings is 1. The van der Waals surface area contributed by atoms with Gasteiger partial charge in [0.05, 0.1) is 17.7 Å².